The molecule has 2 heteroatoms. The first-order valence-electron chi connectivity index (χ1n) is 6.38. The summed E-state index contributed by atoms with van der Waals surface area (Å²) in [5, 5.41) is 0. The highest BCUT2D eigenvalue weighted by Crippen LogP contribution is 2.35. The summed E-state index contributed by atoms with van der Waals surface area (Å²) in [7, 11) is 0. The second-order valence-corrected chi connectivity index (χ2v) is 4.66. The lowest BCUT2D eigenvalue weighted by Gasteiger charge is -2.30. The third-order valence-corrected chi connectivity index (χ3v) is 3.86. The van der Waals surface area contributed by atoms with Gasteiger partial charge in [-0.2, -0.15) is 0 Å². The molecule has 0 aromatic heterocycles. The van der Waals surface area contributed by atoms with Gasteiger partial charge in [0.05, 0.1) is 0 Å². The SMILES string of the molecule is CCCCC(CC)(CCl)CCCOCC. The van der Waals surface area contributed by atoms with Crippen LogP contribution in [0.15, 0.2) is 0 Å². The number of unbranched alkanes of at least 4 members (excludes halogenated alkanes) is 1. The molecule has 15 heavy (non-hydrogen) atoms. The monoisotopic (exact) mass is 234 g/mol. The van der Waals surface area contributed by atoms with E-state index in [-0.39, 0.29) is 0 Å². The minimum absolute atomic E-state index is 0.370. The van der Waals surface area contributed by atoms with Gasteiger partial charge in [-0.1, -0.05) is 26.7 Å². The molecular formula is C13H27ClO. The molecule has 0 saturated heterocycles. The van der Waals surface area contributed by atoms with Crippen molar-refractivity contribution in [1.29, 1.82) is 0 Å². The van der Waals surface area contributed by atoms with E-state index in [2.05, 4.69) is 13.8 Å². The van der Waals surface area contributed by atoms with Gasteiger partial charge in [-0.15, -0.1) is 11.6 Å². The van der Waals surface area contributed by atoms with Gasteiger partial charge in [-0.05, 0) is 38.0 Å². The standard InChI is InChI=1S/C13H27ClO/c1-4-7-9-13(5-2,12-14)10-8-11-15-6-3/h4-12H2,1-3H3. The summed E-state index contributed by atoms with van der Waals surface area (Å²) in [4.78, 5) is 0. The summed E-state index contributed by atoms with van der Waals surface area (Å²) in [6, 6.07) is 0. The van der Waals surface area contributed by atoms with Crippen molar-refractivity contribution in [1.82, 2.24) is 0 Å². The molecule has 0 bridgehead atoms. The van der Waals surface area contributed by atoms with E-state index >= 15 is 0 Å². The van der Waals surface area contributed by atoms with Crippen LogP contribution in [0.4, 0.5) is 0 Å². The summed E-state index contributed by atoms with van der Waals surface area (Å²) < 4.78 is 5.38. The van der Waals surface area contributed by atoms with Crippen LogP contribution >= 0.6 is 11.6 Å². The normalized spacial score (nSPS) is 15.2. The zero-order chi connectivity index (χ0) is 11.6. The Kier molecular flexibility index (Phi) is 9.63. The van der Waals surface area contributed by atoms with E-state index in [9.17, 15) is 0 Å². The Balaban J connectivity index is 3.88. The smallest absolute Gasteiger partial charge is 0.0466 e. The third-order valence-electron chi connectivity index (χ3n) is 3.29. The third kappa shape index (κ3) is 6.42. The summed E-state index contributed by atoms with van der Waals surface area (Å²) >= 11 is 6.13. The highest BCUT2D eigenvalue weighted by molar-refractivity contribution is 6.18. The van der Waals surface area contributed by atoms with Crippen LogP contribution in [-0.4, -0.2) is 19.1 Å². The average molecular weight is 235 g/mol. The zero-order valence-electron chi connectivity index (χ0n) is 10.7. The average Bonchev–Trinajstić information content (AvgIpc) is 2.29. The Labute approximate surface area is 101 Å². The van der Waals surface area contributed by atoms with Crippen LogP contribution in [0.25, 0.3) is 0 Å². The van der Waals surface area contributed by atoms with Crippen LogP contribution in [0.2, 0.25) is 0 Å². The predicted molar refractivity (Wildman–Crippen MR) is 68.7 cm³/mol. The molecule has 92 valence electrons. The molecule has 1 atom stereocenters. The van der Waals surface area contributed by atoms with Gasteiger partial charge in [0.2, 0.25) is 0 Å². The number of hydrogen-bond acceptors (Lipinski definition) is 1. The van der Waals surface area contributed by atoms with Crippen LogP contribution in [-0.2, 0) is 4.74 Å². The maximum Gasteiger partial charge on any atom is 0.0466 e. The Morgan fingerprint density at radius 2 is 1.73 bits per heavy atom. The molecule has 0 radical (unpaired) electrons. The molecule has 0 rings (SSSR count). The van der Waals surface area contributed by atoms with Crippen LogP contribution in [0.1, 0.15) is 59.3 Å². The maximum atomic E-state index is 6.13. The lowest BCUT2D eigenvalue weighted by atomic mass is 9.78. The van der Waals surface area contributed by atoms with Crippen molar-refractivity contribution in [2.75, 3.05) is 19.1 Å². The first-order valence-corrected chi connectivity index (χ1v) is 6.91. The molecule has 0 aliphatic carbocycles. The van der Waals surface area contributed by atoms with Gasteiger partial charge < -0.3 is 4.74 Å². The molecule has 0 fully saturated rings. The number of ether oxygens (including phenoxy) is 1. The Hall–Kier alpha value is 0.250. The van der Waals surface area contributed by atoms with Gasteiger partial charge in [0.15, 0.2) is 0 Å². The molecule has 1 nitrogen and oxygen atoms in total. The molecule has 0 heterocycles. The lowest BCUT2D eigenvalue weighted by molar-refractivity contribution is 0.127. The molecule has 0 aromatic carbocycles. The number of alkyl halides is 1. The summed E-state index contributed by atoms with van der Waals surface area (Å²) in [6.07, 6.45) is 7.41. The molecule has 0 saturated carbocycles. The Bertz CT molecular complexity index is 132. The van der Waals surface area contributed by atoms with E-state index in [0.717, 1.165) is 25.5 Å². The van der Waals surface area contributed by atoms with Gasteiger partial charge in [0, 0.05) is 19.1 Å². The van der Waals surface area contributed by atoms with Crippen LogP contribution in [0.5, 0.6) is 0 Å². The quantitative estimate of drug-likeness (QED) is 0.396. The fourth-order valence-corrected chi connectivity index (χ4v) is 2.41. The van der Waals surface area contributed by atoms with Crippen molar-refractivity contribution >= 4 is 11.6 Å². The maximum absolute atomic E-state index is 6.13. The van der Waals surface area contributed by atoms with E-state index in [0.29, 0.717) is 5.41 Å². The second-order valence-electron chi connectivity index (χ2n) is 4.39. The van der Waals surface area contributed by atoms with Crippen molar-refractivity contribution in [2.24, 2.45) is 5.41 Å². The molecular weight excluding hydrogens is 208 g/mol. The molecule has 0 aliphatic rings. The minimum atomic E-state index is 0.370. The predicted octanol–water partition coefficient (Wildman–Crippen LogP) is 4.63. The number of rotatable bonds is 10. The molecule has 0 N–H and O–H groups in total. The van der Waals surface area contributed by atoms with E-state index in [1.165, 1.54) is 32.1 Å². The molecule has 0 aliphatic heterocycles. The van der Waals surface area contributed by atoms with Crippen molar-refractivity contribution in [3.05, 3.63) is 0 Å². The van der Waals surface area contributed by atoms with Gasteiger partial charge >= 0.3 is 0 Å². The van der Waals surface area contributed by atoms with Crippen molar-refractivity contribution in [2.45, 2.75) is 59.3 Å². The summed E-state index contributed by atoms with van der Waals surface area (Å²) in [5.74, 6) is 0.801. The van der Waals surface area contributed by atoms with Crippen molar-refractivity contribution in [3.8, 4) is 0 Å². The van der Waals surface area contributed by atoms with E-state index in [1.807, 2.05) is 6.92 Å². The summed E-state index contributed by atoms with van der Waals surface area (Å²) in [5.41, 5.74) is 0.370. The van der Waals surface area contributed by atoms with E-state index in [1.54, 1.807) is 0 Å². The fourth-order valence-electron chi connectivity index (χ4n) is 1.95. The van der Waals surface area contributed by atoms with Crippen molar-refractivity contribution in [3.63, 3.8) is 0 Å². The fraction of sp³-hybridized carbons (Fsp3) is 1.00. The highest BCUT2D eigenvalue weighted by atomic mass is 35.5. The largest absolute Gasteiger partial charge is 0.382 e. The number of halogens is 1. The summed E-state index contributed by atoms with van der Waals surface area (Å²) in [6.45, 7) is 8.27. The van der Waals surface area contributed by atoms with E-state index < -0.39 is 0 Å². The van der Waals surface area contributed by atoms with E-state index in [4.69, 9.17) is 16.3 Å². The zero-order valence-corrected chi connectivity index (χ0v) is 11.4. The molecule has 1 unspecified atom stereocenters. The lowest BCUT2D eigenvalue weighted by Crippen LogP contribution is -2.22. The molecule has 0 spiro atoms. The van der Waals surface area contributed by atoms with Crippen LogP contribution in [0.3, 0.4) is 0 Å². The van der Waals surface area contributed by atoms with Crippen molar-refractivity contribution < 1.29 is 4.74 Å². The topological polar surface area (TPSA) is 9.23 Å². The van der Waals surface area contributed by atoms with Crippen LogP contribution < -0.4 is 0 Å². The Morgan fingerprint density at radius 1 is 1.07 bits per heavy atom. The molecule has 0 amide bonds. The second kappa shape index (κ2) is 9.47. The van der Waals surface area contributed by atoms with Gasteiger partial charge in [-0.25, -0.2) is 0 Å². The van der Waals surface area contributed by atoms with Gasteiger partial charge in [0.25, 0.3) is 0 Å². The first-order chi connectivity index (χ1) is 7.24. The van der Waals surface area contributed by atoms with Gasteiger partial charge in [-0.3, -0.25) is 0 Å². The minimum Gasteiger partial charge on any atom is -0.382 e. The highest BCUT2D eigenvalue weighted by Gasteiger charge is 2.25. The van der Waals surface area contributed by atoms with Crippen LogP contribution in [0, 0.1) is 5.41 Å². The first kappa shape index (κ1) is 15.2. The Morgan fingerprint density at radius 3 is 2.20 bits per heavy atom. The van der Waals surface area contributed by atoms with Gasteiger partial charge in [0.1, 0.15) is 0 Å². The number of hydrogen-bond donors (Lipinski definition) is 0. The molecule has 0 aromatic rings.